The number of likely N-dealkylation sites (N-methyl/N-ethyl adjacent to an activating group) is 1. The number of benzene rings is 3. The molecule has 0 saturated heterocycles. The fraction of sp³-hybridized carbons (Fsp3) is 0.333. The van der Waals surface area contributed by atoms with Crippen molar-refractivity contribution in [3.05, 3.63) is 76.3 Å². The quantitative estimate of drug-likeness (QED) is 0.349. The second kappa shape index (κ2) is 9.34. The first-order chi connectivity index (χ1) is 16.9. The van der Waals surface area contributed by atoms with Crippen molar-refractivity contribution in [2.24, 2.45) is 0 Å². The molecule has 1 aliphatic rings. The Labute approximate surface area is 213 Å². The highest BCUT2D eigenvalue weighted by atomic mass is 16.6. The van der Waals surface area contributed by atoms with Crippen molar-refractivity contribution in [2.75, 3.05) is 22.9 Å². The molecule has 1 heterocycles. The van der Waals surface area contributed by atoms with Crippen LogP contribution in [0.15, 0.2) is 48.5 Å². The summed E-state index contributed by atoms with van der Waals surface area (Å²) < 4.78 is 5.60. The van der Waals surface area contributed by atoms with Gasteiger partial charge in [-0.3, -0.25) is 4.79 Å². The van der Waals surface area contributed by atoms with Crippen molar-refractivity contribution < 1.29 is 14.3 Å². The molecule has 0 spiro atoms. The maximum atomic E-state index is 12.8. The Morgan fingerprint density at radius 1 is 1.03 bits per heavy atom. The van der Waals surface area contributed by atoms with E-state index in [1.54, 1.807) is 11.0 Å². The van der Waals surface area contributed by atoms with Crippen LogP contribution in [0.3, 0.4) is 0 Å². The number of rotatable bonds is 5. The van der Waals surface area contributed by atoms with Gasteiger partial charge in [-0.25, -0.2) is 4.79 Å². The number of carbonyl (C=O) groups is 2. The predicted octanol–water partition coefficient (Wildman–Crippen LogP) is 5.84. The summed E-state index contributed by atoms with van der Waals surface area (Å²) >= 11 is 0. The number of amides is 1. The summed E-state index contributed by atoms with van der Waals surface area (Å²) in [7, 11) is 0. The third kappa shape index (κ3) is 4.43. The van der Waals surface area contributed by atoms with E-state index in [-0.39, 0.29) is 17.8 Å². The van der Waals surface area contributed by atoms with Crippen LogP contribution in [-0.4, -0.2) is 24.0 Å². The first kappa shape index (κ1) is 25.3. The van der Waals surface area contributed by atoms with E-state index in [0.29, 0.717) is 29.9 Å². The van der Waals surface area contributed by atoms with Gasteiger partial charge in [-0.05, 0) is 87.4 Å². The molecule has 36 heavy (non-hydrogen) atoms. The molecule has 3 aromatic rings. The van der Waals surface area contributed by atoms with Crippen molar-refractivity contribution in [3.63, 3.8) is 0 Å². The van der Waals surface area contributed by atoms with E-state index in [4.69, 9.17) is 16.2 Å². The van der Waals surface area contributed by atoms with Gasteiger partial charge in [-0.1, -0.05) is 42.5 Å². The molecule has 1 unspecified atom stereocenters. The third-order valence-electron chi connectivity index (χ3n) is 6.83. The van der Waals surface area contributed by atoms with Crippen LogP contribution in [0.25, 0.3) is 11.1 Å². The van der Waals surface area contributed by atoms with Gasteiger partial charge in [0.15, 0.2) is 0 Å². The zero-order valence-electron chi connectivity index (χ0n) is 21.9. The van der Waals surface area contributed by atoms with Gasteiger partial charge in [0.1, 0.15) is 5.60 Å². The van der Waals surface area contributed by atoms with Gasteiger partial charge < -0.3 is 21.1 Å². The van der Waals surface area contributed by atoms with E-state index in [2.05, 4.69) is 0 Å². The lowest BCUT2D eigenvalue weighted by Gasteiger charge is -2.22. The van der Waals surface area contributed by atoms with Gasteiger partial charge in [0, 0.05) is 6.54 Å². The van der Waals surface area contributed by atoms with E-state index in [0.717, 1.165) is 39.1 Å². The van der Waals surface area contributed by atoms with Crippen LogP contribution in [0.1, 0.15) is 73.1 Å². The van der Waals surface area contributed by atoms with Crippen molar-refractivity contribution in [3.8, 4) is 11.1 Å². The smallest absolute Gasteiger partial charge is 0.339 e. The number of nitrogens with two attached hydrogens (primary N) is 2. The average Bonchev–Trinajstić information content (AvgIpc) is 3.09. The largest absolute Gasteiger partial charge is 0.456 e. The third-order valence-corrected chi connectivity index (χ3v) is 6.83. The minimum Gasteiger partial charge on any atom is -0.456 e. The summed E-state index contributed by atoms with van der Waals surface area (Å²) in [5, 5.41) is 0. The second-order valence-electron chi connectivity index (χ2n) is 10.4. The standard InChI is InChI=1S/C30H35N3O3/c1-7-33-27-24(18(3)28(33)34)17(2)23(25(31)26(27)32)16-19-12-14-20(15-13-19)21-10-8-9-11-22(21)29(35)36-30(4,5)6/h8-15,18H,7,16,31-32H2,1-6H3. The lowest BCUT2D eigenvalue weighted by atomic mass is 9.88. The van der Waals surface area contributed by atoms with Crippen LogP contribution in [0.2, 0.25) is 0 Å². The molecule has 1 aliphatic heterocycles. The highest BCUT2D eigenvalue weighted by Crippen LogP contribution is 2.48. The topological polar surface area (TPSA) is 98.6 Å². The molecule has 0 aliphatic carbocycles. The molecule has 4 rings (SSSR count). The number of nitrogens with zero attached hydrogens (tertiary/aromatic N) is 1. The van der Waals surface area contributed by atoms with Crippen LogP contribution in [0, 0.1) is 6.92 Å². The molecule has 6 heteroatoms. The molecule has 4 N–H and O–H groups in total. The van der Waals surface area contributed by atoms with Crippen LogP contribution in [-0.2, 0) is 16.0 Å². The minimum atomic E-state index is -0.570. The van der Waals surface area contributed by atoms with Crippen LogP contribution in [0.4, 0.5) is 17.1 Å². The summed E-state index contributed by atoms with van der Waals surface area (Å²) in [5.74, 6) is -0.524. The summed E-state index contributed by atoms with van der Waals surface area (Å²) in [4.78, 5) is 27.3. The Morgan fingerprint density at radius 3 is 2.28 bits per heavy atom. The van der Waals surface area contributed by atoms with Crippen LogP contribution < -0.4 is 16.4 Å². The Morgan fingerprint density at radius 2 is 1.67 bits per heavy atom. The number of hydrogen-bond donors (Lipinski definition) is 2. The highest BCUT2D eigenvalue weighted by Gasteiger charge is 2.38. The fourth-order valence-corrected chi connectivity index (χ4v) is 5.06. The Balaban J connectivity index is 1.67. The molecule has 0 radical (unpaired) electrons. The van der Waals surface area contributed by atoms with E-state index in [9.17, 15) is 9.59 Å². The maximum Gasteiger partial charge on any atom is 0.339 e. The number of hydrogen-bond acceptors (Lipinski definition) is 5. The highest BCUT2D eigenvalue weighted by molar-refractivity contribution is 6.10. The molecular weight excluding hydrogens is 450 g/mol. The molecule has 0 saturated carbocycles. The van der Waals surface area contributed by atoms with Gasteiger partial charge in [0.2, 0.25) is 5.91 Å². The van der Waals surface area contributed by atoms with E-state index < -0.39 is 5.60 Å². The molecule has 188 valence electrons. The molecule has 0 bridgehead atoms. The molecule has 1 atom stereocenters. The van der Waals surface area contributed by atoms with Gasteiger partial charge in [0.25, 0.3) is 0 Å². The number of anilines is 3. The van der Waals surface area contributed by atoms with Gasteiger partial charge in [-0.2, -0.15) is 0 Å². The number of nitrogen functional groups attached to an aromatic ring is 2. The molecule has 0 fully saturated rings. The lowest BCUT2D eigenvalue weighted by Crippen LogP contribution is -2.28. The molecule has 3 aromatic carbocycles. The monoisotopic (exact) mass is 485 g/mol. The van der Waals surface area contributed by atoms with Crippen molar-refractivity contribution in [2.45, 2.75) is 59.5 Å². The van der Waals surface area contributed by atoms with Crippen molar-refractivity contribution >= 4 is 28.9 Å². The number of esters is 1. The van der Waals surface area contributed by atoms with Crippen LogP contribution in [0.5, 0.6) is 0 Å². The first-order valence-corrected chi connectivity index (χ1v) is 12.4. The van der Waals surface area contributed by atoms with Crippen molar-refractivity contribution in [1.29, 1.82) is 0 Å². The number of carbonyl (C=O) groups excluding carboxylic acids is 2. The van der Waals surface area contributed by atoms with Gasteiger partial charge in [0.05, 0.1) is 28.5 Å². The molecular formula is C30H35N3O3. The Kier molecular flexibility index (Phi) is 6.56. The summed E-state index contributed by atoms with van der Waals surface area (Å²) in [6.45, 7) is 12.0. The zero-order chi connectivity index (χ0) is 26.4. The number of ether oxygens (including phenoxy) is 1. The van der Waals surface area contributed by atoms with Gasteiger partial charge >= 0.3 is 5.97 Å². The summed E-state index contributed by atoms with van der Waals surface area (Å²) in [5.41, 5.74) is 20.5. The minimum absolute atomic E-state index is 0.0619. The summed E-state index contributed by atoms with van der Waals surface area (Å²) in [6, 6.07) is 15.6. The second-order valence-corrected chi connectivity index (χ2v) is 10.4. The molecule has 0 aromatic heterocycles. The van der Waals surface area contributed by atoms with E-state index >= 15 is 0 Å². The average molecular weight is 486 g/mol. The van der Waals surface area contributed by atoms with Gasteiger partial charge in [-0.15, -0.1) is 0 Å². The summed E-state index contributed by atoms with van der Waals surface area (Å²) in [6.07, 6.45) is 0.593. The Bertz CT molecular complexity index is 1340. The first-order valence-electron chi connectivity index (χ1n) is 12.4. The van der Waals surface area contributed by atoms with E-state index in [1.807, 2.05) is 84.0 Å². The fourth-order valence-electron chi connectivity index (χ4n) is 5.06. The SMILES string of the molecule is CCN1C(=O)C(C)c2c(C)c(Cc3ccc(-c4ccccc4C(=O)OC(C)(C)C)cc3)c(N)c(N)c21. The zero-order valence-corrected chi connectivity index (χ0v) is 21.9. The van der Waals surface area contributed by atoms with Crippen LogP contribution >= 0.6 is 0 Å². The molecule has 1 amide bonds. The molecule has 6 nitrogen and oxygen atoms in total. The predicted molar refractivity (Wildman–Crippen MR) is 146 cm³/mol. The Hall–Kier alpha value is -3.80. The normalized spacial score (nSPS) is 15.2. The lowest BCUT2D eigenvalue weighted by molar-refractivity contribution is -0.118. The van der Waals surface area contributed by atoms with Crippen molar-refractivity contribution in [1.82, 2.24) is 0 Å². The van der Waals surface area contributed by atoms with E-state index in [1.165, 1.54) is 0 Å². The maximum absolute atomic E-state index is 12.8. The number of fused-ring (bicyclic) bond motifs is 1.